The van der Waals surface area contributed by atoms with Crippen LogP contribution in [-0.2, 0) is 9.47 Å². The molecule has 0 aromatic heterocycles. The first kappa shape index (κ1) is 8.77. The normalized spacial score (nSPS) is 64.9. The van der Waals surface area contributed by atoms with E-state index in [4.69, 9.17) is 9.47 Å². The van der Waals surface area contributed by atoms with Gasteiger partial charge in [0.05, 0.1) is 23.9 Å². The van der Waals surface area contributed by atoms with E-state index in [0.29, 0.717) is 24.2 Å². The summed E-state index contributed by atoms with van der Waals surface area (Å²) in [6.45, 7) is 4.38. The Balaban J connectivity index is 1.72. The second kappa shape index (κ2) is 2.49. The average molecular weight is 206 g/mol. The Hall–Kier alpha value is -0.340. The van der Waals surface area contributed by atoms with Gasteiger partial charge in [-0.25, -0.2) is 0 Å². The Morgan fingerprint density at radius 3 is 2.73 bits per heavy atom. The maximum absolute atomic E-state index is 6.36. The highest BCUT2D eigenvalue weighted by Crippen LogP contribution is 2.71. The van der Waals surface area contributed by atoms with Crippen molar-refractivity contribution in [2.45, 2.75) is 50.6 Å². The van der Waals surface area contributed by atoms with Gasteiger partial charge in [-0.15, -0.1) is 0 Å². The van der Waals surface area contributed by atoms with Crippen LogP contribution >= 0.6 is 0 Å². The van der Waals surface area contributed by atoms with Crippen LogP contribution in [0.5, 0.6) is 0 Å². The summed E-state index contributed by atoms with van der Waals surface area (Å²) in [6, 6.07) is 0. The molecule has 4 rings (SSSR count). The lowest BCUT2D eigenvalue weighted by molar-refractivity contribution is -0.129. The number of hydrogen-bond acceptors (Lipinski definition) is 2. The third-order valence-electron chi connectivity index (χ3n) is 4.83. The molecular formula is C13H18O2. The van der Waals surface area contributed by atoms with E-state index in [2.05, 4.69) is 26.0 Å². The Morgan fingerprint density at radius 1 is 1.07 bits per heavy atom. The summed E-state index contributed by atoms with van der Waals surface area (Å²) in [7, 11) is 0. The lowest BCUT2D eigenvalue weighted by atomic mass is 9.98. The number of rotatable bonds is 0. The van der Waals surface area contributed by atoms with Gasteiger partial charge in [0.2, 0.25) is 0 Å². The summed E-state index contributed by atoms with van der Waals surface area (Å²) in [6.07, 6.45) is 8.14. The van der Waals surface area contributed by atoms with Crippen LogP contribution in [0.1, 0.15) is 26.7 Å². The summed E-state index contributed by atoms with van der Waals surface area (Å²) < 4.78 is 12.5. The second-order valence-electron chi connectivity index (χ2n) is 5.78. The molecule has 1 saturated heterocycles. The van der Waals surface area contributed by atoms with Crippen molar-refractivity contribution in [2.75, 3.05) is 0 Å². The molecule has 0 radical (unpaired) electrons. The molecule has 0 amide bonds. The second-order valence-corrected chi connectivity index (χ2v) is 5.78. The molecule has 7 atom stereocenters. The maximum atomic E-state index is 6.36. The van der Waals surface area contributed by atoms with Gasteiger partial charge < -0.3 is 9.47 Å². The van der Waals surface area contributed by atoms with Crippen LogP contribution in [0.25, 0.3) is 0 Å². The molecule has 2 bridgehead atoms. The maximum Gasteiger partial charge on any atom is 0.0874 e. The Morgan fingerprint density at radius 2 is 1.87 bits per heavy atom. The van der Waals surface area contributed by atoms with E-state index in [9.17, 15) is 0 Å². The smallest absolute Gasteiger partial charge is 0.0874 e. The number of fused-ring (bicyclic) bond motifs is 1. The van der Waals surface area contributed by atoms with Gasteiger partial charge >= 0.3 is 0 Å². The topological polar surface area (TPSA) is 18.5 Å². The van der Waals surface area contributed by atoms with E-state index in [1.54, 1.807) is 0 Å². The quantitative estimate of drug-likeness (QED) is 0.565. The first-order valence-corrected chi connectivity index (χ1v) is 6.23. The van der Waals surface area contributed by atoms with E-state index in [0.717, 1.165) is 18.3 Å². The van der Waals surface area contributed by atoms with Crippen molar-refractivity contribution in [2.24, 2.45) is 17.8 Å². The first-order valence-electron chi connectivity index (χ1n) is 6.23. The predicted octanol–water partition coefficient (Wildman–Crippen LogP) is 2.14. The third-order valence-corrected chi connectivity index (χ3v) is 4.83. The fraction of sp³-hybridized carbons (Fsp3) is 0.846. The Labute approximate surface area is 90.6 Å². The van der Waals surface area contributed by atoms with Crippen molar-refractivity contribution in [1.82, 2.24) is 0 Å². The monoisotopic (exact) mass is 206 g/mol. The molecule has 4 aliphatic rings. The molecule has 0 aromatic carbocycles. The van der Waals surface area contributed by atoms with Crippen molar-refractivity contribution >= 4 is 0 Å². The number of ether oxygens (including phenoxy) is 2. The van der Waals surface area contributed by atoms with E-state index >= 15 is 0 Å². The highest BCUT2D eigenvalue weighted by atomic mass is 16.5. The molecule has 0 aromatic rings. The minimum Gasteiger partial charge on any atom is -0.374 e. The molecule has 3 aliphatic carbocycles. The largest absolute Gasteiger partial charge is 0.374 e. The van der Waals surface area contributed by atoms with Gasteiger partial charge in [-0.1, -0.05) is 12.2 Å². The summed E-state index contributed by atoms with van der Waals surface area (Å²) in [5.41, 5.74) is 0.185. The molecule has 2 nitrogen and oxygen atoms in total. The molecule has 0 unspecified atom stereocenters. The van der Waals surface area contributed by atoms with Crippen LogP contribution in [0.4, 0.5) is 0 Å². The highest BCUT2D eigenvalue weighted by Gasteiger charge is 2.77. The SMILES string of the molecule is C[C@@H]1C[C@H](C)O[C@@H]2C[C@H]3[C@H]4C=C[C@@H]2[C@]43O1. The molecule has 15 heavy (non-hydrogen) atoms. The zero-order valence-corrected chi connectivity index (χ0v) is 9.35. The van der Waals surface area contributed by atoms with Crippen molar-refractivity contribution in [3.8, 4) is 0 Å². The van der Waals surface area contributed by atoms with Crippen LogP contribution < -0.4 is 0 Å². The van der Waals surface area contributed by atoms with Crippen LogP contribution in [0.15, 0.2) is 12.2 Å². The van der Waals surface area contributed by atoms with E-state index < -0.39 is 0 Å². The third kappa shape index (κ3) is 0.891. The van der Waals surface area contributed by atoms with E-state index in [-0.39, 0.29) is 5.60 Å². The van der Waals surface area contributed by atoms with Crippen LogP contribution in [0, 0.1) is 17.8 Å². The van der Waals surface area contributed by atoms with Gasteiger partial charge in [-0.2, -0.15) is 0 Å². The fourth-order valence-corrected chi connectivity index (χ4v) is 4.37. The van der Waals surface area contributed by atoms with Crippen molar-refractivity contribution in [3.63, 3.8) is 0 Å². The van der Waals surface area contributed by atoms with Crippen molar-refractivity contribution in [3.05, 3.63) is 12.2 Å². The van der Waals surface area contributed by atoms with Gasteiger partial charge in [0.25, 0.3) is 0 Å². The summed E-state index contributed by atoms with van der Waals surface area (Å²) in [5.74, 6) is 2.04. The summed E-state index contributed by atoms with van der Waals surface area (Å²) >= 11 is 0. The molecule has 3 fully saturated rings. The molecule has 0 N–H and O–H groups in total. The van der Waals surface area contributed by atoms with E-state index in [1.807, 2.05) is 0 Å². The zero-order valence-electron chi connectivity index (χ0n) is 9.35. The molecular weight excluding hydrogens is 188 g/mol. The summed E-state index contributed by atoms with van der Waals surface area (Å²) in [5, 5.41) is 0. The van der Waals surface area contributed by atoms with Crippen LogP contribution in [-0.4, -0.2) is 23.9 Å². The standard InChI is InChI=1S/C13H18O2/c1-7-5-8(2)15-13-9-3-4-10(13)12(14-7)6-11(9)13/h3-4,7-12H,5-6H2,1-2H3/t7-,8+,9+,10-,11-,12+,13+/m0/s1. The van der Waals surface area contributed by atoms with Crippen molar-refractivity contribution in [1.29, 1.82) is 0 Å². The first-order chi connectivity index (χ1) is 7.22. The average Bonchev–Trinajstić information content (AvgIpc) is 2.46. The molecule has 1 heterocycles. The Kier molecular flexibility index (Phi) is 1.46. The van der Waals surface area contributed by atoms with Gasteiger partial charge in [0.1, 0.15) is 0 Å². The van der Waals surface area contributed by atoms with Gasteiger partial charge in [-0.3, -0.25) is 0 Å². The molecule has 2 heteroatoms. The molecule has 82 valence electrons. The number of hydrogen-bond donors (Lipinski definition) is 0. The lowest BCUT2D eigenvalue weighted by Crippen LogP contribution is -2.39. The van der Waals surface area contributed by atoms with Gasteiger partial charge in [0.15, 0.2) is 0 Å². The molecule has 1 aliphatic heterocycles. The minimum absolute atomic E-state index is 0.185. The summed E-state index contributed by atoms with van der Waals surface area (Å²) in [4.78, 5) is 0. The molecule has 2 saturated carbocycles. The predicted molar refractivity (Wildman–Crippen MR) is 56.5 cm³/mol. The minimum atomic E-state index is 0.185. The Bertz CT molecular complexity index is 337. The van der Waals surface area contributed by atoms with Gasteiger partial charge in [0, 0.05) is 17.8 Å². The van der Waals surface area contributed by atoms with Crippen molar-refractivity contribution < 1.29 is 9.47 Å². The van der Waals surface area contributed by atoms with E-state index in [1.165, 1.54) is 6.42 Å². The zero-order chi connectivity index (χ0) is 10.2. The fourth-order valence-electron chi connectivity index (χ4n) is 4.37. The molecule has 1 spiro atoms. The van der Waals surface area contributed by atoms with Gasteiger partial charge in [-0.05, 0) is 26.7 Å². The highest BCUT2D eigenvalue weighted by molar-refractivity contribution is 5.38. The van der Waals surface area contributed by atoms with Crippen LogP contribution in [0.3, 0.4) is 0 Å². The van der Waals surface area contributed by atoms with Crippen LogP contribution in [0.2, 0.25) is 0 Å². The lowest BCUT2D eigenvalue weighted by Gasteiger charge is -2.34.